The van der Waals surface area contributed by atoms with E-state index in [1.165, 1.54) is 16.9 Å². The smallest absolute Gasteiger partial charge is 0.272 e. The van der Waals surface area contributed by atoms with E-state index in [2.05, 4.69) is 17.3 Å². The van der Waals surface area contributed by atoms with Crippen LogP contribution in [0, 0.1) is 5.82 Å². The normalized spacial score (nSPS) is 11.3. The van der Waals surface area contributed by atoms with Crippen LogP contribution in [0.25, 0.3) is 10.6 Å². The van der Waals surface area contributed by atoms with E-state index < -0.39 is 21.7 Å². The molecule has 0 saturated carbocycles. The fraction of sp³-hybridized carbons (Fsp3) is 0.111. The van der Waals surface area contributed by atoms with Crippen molar-refractivity contribution in [3.05, 3.63) is 71.0 Å². The highest BCUT2D eigenvalue weighted by atomic mass is 32.2. The van der Waals surface area contributed by atoms with Gasteiger partial charge in [-0.15, -0.1) is 16.2 Å². The van der Waals surface area contributed by atoms with E-state index in [0.29, 0.717) is 5.01 Å². The quantitative estimate of drug-likeness (QED) is 0.617. The fourth-order valence-electron chi connectivity index (χ4n) is 2.24. The summed E-state index contributed by atoms with van der Waals surface area (Å²) in [6, 6.07) is 12.1. The van der Waals surface area contributed by atoms with Gasteiger partial charge in [-0.25, -0.2) is 17.8 Å². The molecule has 3 rings (SSSR count). The first-order valence-corrected chi connectivity index (χ1v) is 10.4. The highest BCUT2D eigenvalue weighted by Gasteiger charge is 2.17. The average molecular weight is 405 g/mol. The molecule has 0 saturated heterocycles. The van der Waals surface area contributed by atoms with Crippen LogP contribution in [0.2, 0.25) is 0 Å². The Kier molecular flexibility index (Phi) is 5.64. The van der Waals surface area contributed by atoms with Crippen LogP contribution in [0.15, 0.2) is 58.8 Å². The van der Waals surface area contributed by atoms with Gasteiger partial charge in [0.1, 0.15) is 16.5 Å². The van der Waals surface area contributed by atoms with Crippen molar-refractivity contribution in [2.45, 2.75) is 18.2 Å². The zero-order valence-electron chi connectivity index (χ0n) is 14.3. The monoisotopic (exact) mass is 405 g/mol. The Labute approximate surface area is 160 Å². The number of carbonyl (C=O) groups is 1. The first kappa shape index (κ1) is 19.2. The number of hydrazine groups is 1. The SMILES string of the molecule is CCc1ccc(-c2nc(C(=O)NNS(=O)(=O)c3ccc(F)cc3)cs2)cc1. The topological polar surface area (TPSA) is 88.2 Å². The Hall–Kier alpha value is -2.62. The van der Waals surface area contributed by atoms with E-state index in [9.17, 15) is 17.6 Å². The summed E-state index contributed by atoms with van der Waals surface area (Å²) in [4.78, 5) is 18.2. The van der Waals surface area contributed by atoms with Gasteiger partial charge in [-0.2, -0.15) is 0 Å². The van der Waals surface area contributed by atoms with Crippen molar-refractivity contribution in [1.82, 2.24) is 15.2 Å². The summed E-state index contributed by atoms with van der Waals surface area (Å²) in [5, 5.41) is 2.20. The third-order valence-electron chi connectivity index (χ3n) is 3.77. The lowest BCUT2D eigenvalue weighted by atomic mass is 10.1. The highest BCUT2D eigenvalue weighted by Crippen LogP contribution is 2.24. The van der Waals surface area contributed by atoms with Crippen molar-refractivity contribution in [3.63, 3.8) is 0 Å². The average Bonchev–Trinajstić information content (AvgIpc) is 3.17. The lowest BCUT2D eigenvalue weighted by molar-refractivity contribution is 0.0941. The molecule has 3 aromatic rings. The molecule has 6 nitrogen and oxygen atoms in total. The Morgan fingerprint density at radius 1 is 1.11 bits per heavy atom. The van der Waals surface area contributed by atoms with E-state index in [1.54, 1.807) is 5.38 Å². The van der Waals surface area contributed by atoms with Crippen LogP contribution < -0.4 is 10.3 Å². The van der Waals surface area contributed by atoms with Gasteiger partial charge in [-0.3, -0.25) is 10.2 Å². The third kappa shape index (κ3) is 4.57. The Morgan fingerprint density at radius 3 is 2.41 bits per heavy atom. The Bertz CT molecular complexity index is 1050. The highest BCUT2D eigenvalue weighted by molar-refractivity contribution is 7.89. The molecule has 2 aromatic carbocycles. The van der Waals surface area contributed by atoms with Crippen LogP contribution in [0.3, 0.4) is 0 Å². The predicted octanol–water partition coefficient (Wildman–Crippen LogP) is 3.13. The molecule has 27 heavy (non-hydrogen) atoms. The molecule has 1 heterocycles. The maximum Gasteiger partial charge on any atom is 0.285 e. The van der Waals surface area contributed by atoms with Gasteiger partial charge < -0.3 is 0 Å². The summed E-state index contributed by atoms with van der Waals surface area (Å²) in [6.07, 6.45) is 0.931. The van der Waals surface area contributed by atoms with Crippen LogP contribution in [-0.2, 0) is 16.4 Å². The number of nitrogens with one attached hydrogen (secondary N) is 2. The lowest BCUT2D eigenvalue weighted by Gasteiger charge is -2.07. The van der Waals surface area contributed by atoms with Crippen LogP contribution >= 0.6 is 11.3 Å². The number of thiazole rings is 1. The van der Waals surface area contributed by atoms with Crippen LogP contribution in [0.1, 0.15) is 23.0 Å². The Morgan fingerprint density at radius 2 is 1.78 bits per heavy atom. The number of rotatable bonds is 6. The van der Waals surface area contributed by atoms with Crippen molar-refractivity contribution < 1.29 is 17.6 Å². The van der Waals surface area contributed by atoms with E-state index in [4.69, 9.17) is 0 Å². The maximum absolute atomic E-state index is 12.9. The molecule has 2 N–H and O–H groups in total. The number of carbonyl (C=O) groups excluding carboxylic acids is 1. The molecule has 1 amide bonds. The number of hydrogen-bond acceptors (Lipinski definition) is 5. The first-order chi connectivity index (χ1) is 12.9. The molecule has 0 aliphatic heterocycles. The molecule has 0 spiro atoms. The van der Waals surface area contributed by atoms with Gasteiger partial charge in [-0.05, 0) is 36.2 Å². The van der Waals surface area contributed by atoms with E-state index >= 15 is 0 Å². The molecule has 1 aromatic heterocycles. The molecule has 0 unspecified atom stereocenters. The fourth-order valence-corrected chi connectivity index (χ4v) is 3.89. The van der Waals surface area contributed by atoms with Crippen LogP contribution in [0.5, 0.6) is 0 Å². The van der Waals surface area contributed by atoms with E-state index in [1.807, 2.05) is 29.1 Å². The van der Waals surface area contributed by atoms with Crippen molar-refractivity contribution in [2.75, 3.05) is 0 Å². The van der Waals surface area contributed by atoms with Crippen molar-refractivity contribution in [2.24, 2.45) is 0 Å². The molecule has 0 aliphatic carbocycles. The van der Waals surface area contributed by atoms with Crippen molar-refractivity contribution >= 4 is 27.3 Å². The Balaban J connectivity index is 1.68. The summed E-state index contributed by atoms with van der Waals surface area (Å²) in [5.74, 6) is -1.24. The third-order valence-corrected chi connectivity index (χ3v) is 5.92. The summed E-state index contributed by atoms with van der Waals surface area (Å²) in [6.45, 7) is 2.06. The summed E-state index contributed by atoms with van der Waals surface area (Å²) >= 11 is 1.28. The van der Waals surface area contributed by atoms with Gasteiger partial charge in [0.15, 0.2) is 0 Å². The molecule has 140 valence electrons. The molecule has 0 aliphatic rings. The summed E-state index contributed by atoms with van der Waals surface area (Å²) in [7, 11) is -4.01. The maximum atomic E-state index is 12.9. The number of benzene rings is 2. The number of aromatic nitrogens is 1. The summed E-state index contributed by atoms with van der Waals surface area (Å²) < 4.78 is 37.1. The minimum Gasteiger partial charge on any atom is -0.272 e. The number of nitrogens with zero attached hydrogens (tertiary/aromatic N) is 1. The standard InChI is InChI=1S/C18H16FN3O3S2/c1-2-12-3-5-13(6-4-12)18-20-16(11-26-18)17(23)21-22-27(24,25)15-9-7-14(19)8-10-15/h3-11,22H,2H2,1H3,(H,21,23). The second kappa shape index (κ2) is 7.95. The zero-order valence-corrected chi connectivity index (χ0v) is 15.9. The summed E-state index contributed by atoms with van der Waals surface area (Å²) in [5.41, 5.74) is 4.28. The molecular formula is C18H16FN3O3S2. The van der Waals surface area contributed by atoms with Crippen molar-refractivity contribution in [3.8, 4) is 10.6 Å². The van der Waals surface area contributed by atoms with Gasteiger partial charge in [0.2, 0.25) is 0 Å². The number of halogens is 1. The number of sulfonamides is 1. The van der Waals surface area contributed by atoms with Crippen LogP contribution in [-0.4, -0.2) is 19.3 Å². The molecular weight excluding hydrogens is 389 g/mol. The largest absolute Gasteiger partial charge is 0.285 e. The zero-order chi connectivity index (χ0) is 19.4. The second-order valence-electron chi connectivity index (χ2n) is 5.60. The molecule has 9 heteroatoms. The van der Waals surface area contributed by atoms with Gasteiger partial charge in [0.25, 0.3) is 15.9 Å². The minimum absolute atomic E-state index is 0.0939. The molecule has 0 radical (unpaired) electrons. The minimum atomic E-state index is -4.01. The second-order valence-corrected chi connectivity index (χ2v) is 8.14. The van der Waals surface area contributed by atoms with Gasteiger partial charge in [0.05, 0.1) is 4.90 Å². The van der Waals surface area contributed by atoms with Crippen molar-refractivity contribution in [1.29, 1.82) is 0 Å². The number of aryl methyl sites for hydroxylation is 1. The molecule has 0 bridgehead atoms. The lowest BCUT2D eigenvalue weighted by Crippen LogP contribution is -2.41. The van der Waals surface area contributed by atoms with Gasteiger partial charge in [0, 0.05) is 10.9 Å². The molecule has 0 atom stereocenters. The first-order valence-electron chi connectivity index (χ1n) is 8.01. The van der Waals surface area contributed by atoms with Crippen LogP contribution in [0.4, 0.5) is 4.39 Å². The van der Waals surface area contributed by atoms with Gasteiger partial charge in [-0.1, -0.05) is 31.2 Å². The molecule has 0 fully saturated rings. The van der Waals surface area contributed by atoms with E-state index in [-0.39, 0.29) is 10.6 Å². The number of amides is 1. The van der Waals surface area contributed by atoms with Gasteiger partial charge >= 0.3 is 0 Å². The predicted molar refractivity (Wildman–Crippen MR) is 101 cm³/mol. The van der Waals surface area contributed by atoms with E-state index in [0.717, 1.165) is 36.2 Å². The number of hydrogen-bond donors (Lipinski definition) is 2.